The SMILES string of the molecule is CCCCN(CCN)C(=O)CN1C[C@H](c2ccc3c(c2)OCO3)C(C(=O)O)[C@@H]1CCc1ncccn1. The Bertz CT molecular complexity index is 1040. The first-order chi connectivity index (χ1) is 17.5. The zero-order valence-electron chi connectivity index (χ0n) is 20.7. The van der Waals surface area contributed by atoms with Crippen LogP contribution >= 0.6 is 0 Å². The Balaban J connectivity index is 1.59. The smallest absolute Gasteiger partial charge is 0.308 e. The lowest BCUT2D eigenvalue weighted by Crippen LogP contribution is -2.45. The van der Waals surface area contributed by atoms with Crippen LogP contribution in [-0.2, 0) is 16.0 Å². The monoisotopic (exact) mass is 497 g/mol. The highest BCUT2D eigenvalue weighted by Gasteiger charge is 2.47. The van der Waals surface area contributed by atoms with E-state index in [0.29, 0.717) is 56.3 Å². The number of rotatable bonds is 12. The Labute approximate surface area is 211 Å². The van der Waals surface area contributed by atoms with Gasteiger partial charge in [0, 0.05) is 57.0 Å². The maximum absolute atomic E-state index is 13.3. The molecule has 0 radical (unpaired) electrons. The van der Waals surface area contributed by atoms with Gasteiger partial charge in [0.1, 0.15) is 5.82 Å². The maximum atomic E-state index is 13.3. The van der Waals surface area contributed by atoms with E-state index in [1.165, 1.54) is 0 Å². The van der Waals surface area contributed by atoms with Crippen LogP contribution in [-0.4, -0.2) is 82.3 Å². The van der Waals surface area contributed by atoms with Gasteiger partial charge in [-0.3, -0.25) is 14.5 Å². The number of carbonyl (C=O) groups excluding carboxylic acids is 1. The molecule has 1 unspecified atom stereocenters. The Morgan fingerprint density at radius 2 is 1.97 bits per heavy atom. The molecule has 10 heteroatoms. The average molecular weight is 498 g/mol. The molecule has 10 nitrogen and oxygen atoms in total. The molecule has 0 aliphatic carbocycles. The van der Waals surface area contributed by atoms with Crippen molar-refractivity contribution in [2.75, 3.05) is 39.5 Å². The van der Waals surface area contributed by atoms with E-state index in [0.717, 1.165) is 18.4 Å². The minimum absolute atomic E-state index is 0.0228. The molecule has 4 rings (SSSR count). The van der Waals surface area contributed by atoms with E-state index in [1.807, 2.05) is 23.1 Å². The molecule has 1 aromatic carbocycles. The number of fused-ring (bicyclic) bond motifs is 1. The van der Waals surface area contributed by atoms with E-state index in [2.05, 4.69) is 16.9 Å². The van der Waals surface area contributed by atoms with Crippen molar-refractivity contribution in [1.82, 2.24) is 19.8 Å². The second-order valence-electron chi connectivity index (χ2n) is 9.31. The molecule has 1 aromatic heterocycles. The minimum atomic E-state index is -0.878. The van der Waals surface area contributed by atoms with Crippen molar-refractivity contribution in [2.24, 2.45) is 11.7 Å². The highest BCUT2D eigenvalue weighted by Crippen LogP contribution is 2.42. The van der Waals surface area contributed by atoms with E-state index in [-0.39, 0.29) is 31.2 Å². The molecule has 2 aliphatic heterocycles. The maximum Gasteiger partial charge on any atom is 0.308 e. The van der Waals surface area contributed by atoms with Gasteiger partial charge in [0.05, 0.1) is 12.5 Å². The number of aryl methyl sites for hydroxylation is 1. The summed E-state index contributed by atoms with van der Waals surface area (Å²) in [5.74, 6) is 0.0373. The minimum Gasteiger partial charge on any atom is -0.481 e. The summed E-state index contributed by atoms with van der Waals surface area (Å²) in [4.78, 5) is 38.4. The summed E-state index contributed by atoms with van der Waals surface area (Å²) in [6, 6.07) is 7.00. The number of hydrogen-bond acceptors (Lipinski definition) is 8. The van der Waals surface area contributed by atoms with E-state index < -0.39 is 11.9 Å². The number of aromatic nitrogens is 2. The third-order valence-corrected chi connectivity index (χ3v) is 7.01. The molecule has 3 N–H and O–H groups in total. The number of amides is 1. The molecule has 3 atom stereocenters. The molecule has 36 heavy (non-hydrogen) atoms. The normalized spacial score (nSPS) is 21.0. The van der Waals surface area contributed by atoms with Gasteiger partial charge in [-0.15, -0.1) is 0 Å². The van der Waals surface area contributed by atoms with Gasteiger partial charge in [-0.05, 0) is 36.6 Å². The summed E-state index contributed by atoms with van der Waals surface area (Å²) in [5.41, 5.74) is 6.64. The summed E-state index contributed by atoms with van der Waals surface area (Å²) in [6.45, 7) is 4.37. The topological polar surface area (TPSA) is 131 Å². The second-order valence-corrected chi connectivity index (χ2v) is 9.31. The van der Waals surface area contributed by atoms with Crippen molar-refractivity contribution in [1.29, 1.82) is 0 Å². The number of benzene rings is 1. The second kappa shape index (κ2) is 12.1. The number of unbranched alkanes of at least 4 members (excludes halogenated alkanes) is 1. The number of carboxylic acid groups (broad SMARTS) is 1. The van der Waals surface area contributed by atoms with E-state index in [9.17, 15) is 14.7 Å². The molecule has 194 valence electrons. The molecule has 1 amide bonds. The van der Waals surface area contributed by atoms with Crippen LogP contribution < -0.4 is 15.2 Å². The summed E-state index contributed by atoms with van der Waals surface area (Å²) < 4.78 is 11.0. The molecule has 2 aromatic rings. The van der Waals surface area contributed by atoms with Gasteiger partial charge < -0.3 is 25.2 Å². The zero-order chi connectivity index (χ0) is 25.5. The van der Waals surface area contributed by atoms with Gasteiger partial charge in [-0.1, -0.05) is 19.4 Å². The number of hydrogen-bond donors (Lipinski definition) is 2. The number of carbonyl (C=O) groups is 2. The van der Waals surface area contributed by atoms with Gasteiger partial charge >= 0.3 is 5.97 Å². The highest BCUT2D eigenvalue weighted by atomic mass is 16.7. The molecule has 1 fully saturated rings. The molecule has 0 spiro atoms. The fourth-order valence-corrected chi connectivity index (χ4v) is 5.21. The summed E-state index contributed by atoms with van der Waals surface area (Å²) in [7, 11) is 0. The van der Waals surface area contributed by atoms with Crippen LogP contribution in [0.25, 0.3) is 0 Å². The predicted octanol–water partition coefficient (Wildman–Crippen LogP) is 1.89. The van der Waals surface area contributed by atoms with Gasteiger partial charge in [0.2, 0.25) is 12.7 Å². The fraction of sp³-hybridized carbons (Fsp3) is 0.538. The Morgan fingerprint density at radius 1 is 1.19 bits per heavy atom. The molecule has 1 saturated heterocycles. The third-order valence-electron chi connectivity index (χ3n) is 7.01. The van der Waals surface area contributed by atoms with Gasteiger partial charge in [-0.25, -0.2) is 9.97 Å². The van der Waals surface area contributed by atoms with Crippen LogP contribution in [0.1, 0.15) is 43.5 Å². The molecule has 2 aliphatic rings. The van der Waals surface area contributed by atoms with Crippen molar-refractivity contribution in [3.8, 4) is 11.5 Å². The first-order valence-electron chi connectivity index (χ1n) is 12.6. The number of ether oxygens (including phenoxy) is 2. The van der Waals surface area contributed by atoms with E-state index in [1.54, 1.807) is 23.4 Å². The van der Waals surface area contributed by atoms with E-state index in [4.69, 9.17) is 15.2 Å². The standard InChI is InChI=1S/C26H35N5O5/c1-2-3-12-30(13-9-27)24(32)16-31-15-19(18-5-7-21-22(14-18)36-17-35-21)25(26(33)34)20(31)6-8-23-28-10-4-11-29-23/h4-5,7,10-11,14,19-20,25H,2-3,6,8-9,12-13,15-17,27H2,1H3,(H,33,34)/t19-,20+,25?/m1/s1. The Kier molecular flexibility index (Phi) is 8.71. The summed E-state index contributed by atoms with van der Waals surface area (Å²) in [6.07, 6.45) is 6.29. The third kappa shape index (κ3) is 5.93. The fourth-order valence-electron chi connectivity index (χ4n) is 5.21. The van der Waals surface area contributed by atoms with Crippen molar-refractivity contribution in [3.63, 3.8) is 0 Å². The quantitative estimate of drug-likeness (QED) is 0.451. The van der Waals surface area contributed by atoms with Crippen LogP contribution in [0, 0.1) is 5.92 Å². The molecule has 0 saturated carbocycles. The lowest BCUT2D eigenvalue weighted by Gasteiger charge is -2.29. The molecular weight excluding hydrogens is 462 g/mol. The number of nitrogens with zero attached hydrogens (tertiary/aromatic N) is 4. The lowest BCUT2D eigenvalue weighted by molar-refractivity contribution is -0.143. The highest BCUT2D eigenvalue weighted by molar-refractivity contribution is 5.79. The van der Waals surface area contributed by atoms with Crippen LogP contribution in [0.2, 0.25) is 0 Å². The largest absolute Gasteiger partial charge is 0.481 e. The number of likely N-dealkylation sites (tertiary alicyclic amines) is 1. The van der Waals surface area contributed by atoms with Crippen molar-refractivity contribution in [2.45, 2.75) is 44.6 Å². The number of nitrogens with two attached hydrogens (primary N) is 1. The average Bonchev–Trinajstić information content (AvgIpc) is 3.50. The van der Waals surface area contributed by atoms with Crippen LogP contribution in [0.3, 0.4) is 0 Å². The first kappa shape index (κ1) is 25.8. The Morgan fingerprint density at radius 3 is 2.69 bits per heavy atom. The Hall–Kier alpha value is -3.24. The van der Waals surface area contributed by atoms with Crippen LogP contribution in [0.4, 0.5) is 0 Å². The first-order valence-corrected chi connectivity index (χ1v) is 12.6. The van der Waals surface area contributed by atoms with E-state index >= 15 is 0 Å². The lowest BCUT2D eigenvalue weighted by atomic mass is 9.83. The molecule has 3 heterocycles. The van der Waals surface area contributed by atoms with Crippen LogP contribution in [0.5, 0.6) is 11.5 Å². The van der Waals surface area contributed by atoms with Gasteiger partial charge in [-0.2, -0.15) is 0 Å². The van der Waals surface area contributed by atoms with Crippen molar-refractivity contribution >= 4 is 11.9 Å². The van der Waals surface area contributed by atoms with Gasteiger partial charge in [0.25, 0.3) is 0 Å². The number of carboxylic acids is 1. The van der Waals surface area contributed by atoms with Crippen molar-refractivity contribution in [3.05, 3.63) is 48.0 Å². The molecule has 0 bridgehead atoms. The van der Waals surface area contributed by atoms with Crippen molar-refractivity contribution < 1.29 is 24.2 Å². The summed E-state index contributed by atoms with van der Waals surface area (Å²) in [5, 5.41) is 10.3. The summed E-state index contributed by atoms with van der Waals surface area (Å²) >= 11 is 0. The van der Waals surface area contributed by atoms with Crippen LogP contribution in [0.15, 0.2) is 36.7 Å². The zero-order valence-corrected chi connectivity index (χ0v) is 20.7. The molecular formula is C26H35N5O5. The number of aliphatic carboxylic acids is 1. The predicted molar refractivity (Wildman–Crippen MR) is 133 cm³/mol. The van der Waals surface area contributed by atoms with Gasteiger partial charge in [0.15, 0.2) is 11.5 Å².